The second-order valence-electron chi connectivity index (χ2n) is 4.89. The Kier molecular flexibility index (Phi) is 4.75. The summed E-state index contributed by atoms with van der Waals surface area (Å²) in [4.78, 5) is 0.0582. The fourth-order valence-corrected chi connectivity index (χ4v) is 8.22. The number of nitrogens with zero attached hydrogens (tertiary/aromatic N) is 1. The number of anilines is 1. The molecular weight excluding hydrogens is 448 g/mol. The lowest BCUT2D eigenvalue weighted by molar-refractivity contribution is 0.356. The normalized spacial score (nSPS) is 23.1. The zero-order chi connectivity index (χ0) is 16.0. The second kappa shape index (κ2) is 5.80. The first kappa shape index (κ1) is 17.2. The van der Waals surface area contributed by atoms with Crippen LogP contribution in [0.3, 0.4) is 0 Å². The fraction of sp³-hybridized carbons (Fsp3) is 0.455. The van der Waals surface area contributed by atoms with E-state index in [1.807, 2.05) is 0 Å². The van der Waals surface area contributed by atoms with Crippen molar-refractivity contribution in [1.29, 1.82) is 0 Å². The average molecular weight is 462 g/mol. The van der Waals surface area contributed by atoms with Crippen molar-refractivity contribution >= 4 is 57.4 Å². The first-order chi connectivity index (χ1) is 9.54. The van der Waals surface area contributed by atoms with Crippen LogP contribution in [0.4, 0.5) is 5.69 Å². The standard InChI is InChI=1S/C11H14Br2N2O4S2/c1-7-6-20(16,17)3-2-15(7)21(18,19)11-9(12)4-8(14)5-10(11)13/h4-5,7H,2-3,6,14H2,1H3. The van der Waals surface area contributed by atoms with E-state index in [0.29, 0.717) is 14.6 Å². The minimum Gasteiger partial charge on any atom is -0.399 e. The molecule has 0 aromatic heterocycles. The van der Waals surface area contributed by atoms with Crippen LogP contribution in [0.1, 0.15) is 6.92 Å². The molecule has 0 bridgehead atoms. The third-order valence-corrected chi connectivity index (χ3v) is 8.88. The van der Waals surface area contributed by atoms with Gasteiger partial charge < -0.3 is 5.73 Å². The molecule has 21 heavy (non-hydrogen) atoms. The van der Waals surface area contributed by atoms with Gasteiger partial charge in [0.15, 0.2) is 9.84 Å². The van der Waals surface area contributed by atoms with Crippen molar-refractivity contribution in [3.05, 3.63) is 21.1 Å². The van der Waals surface area contributed by atoms with Crippen LogP contribution in [0.15, 0.2) is 26.0 Å². The predicted molar refractivity (Wildman–Crippen MR) is 88.3 cm³/mol. The molecular formula is C11H14Br2N2O4S2. The first-order valence-corrected chi connectivity index (χ1v) is 10.9. The Hall–Kier alpha value is -0.160. The molecule has 0 spiro atoms. The van der Waals surface area contributed by atoms with Gasteiger partial charge in [0.25, 0.3) is 0 Å². The molecule has 0 radical (unpaired) electrons. The SMILES string of the molecule is CC1CS(=O)(=O)CCN1S(=O)(=O)c1c(Br)cc(N)cc1Br. The number of hydrogen-bond donors (Lipinski definition) is 1. The van der Waals surface area contributed by atoms with Crippen molar-refractivity contribution in [2.24, 2.45) is 0 Å². The molecule has 1 aliphatic rings. The van der Waals surface area contributed by atoms with Crippen LogP contribution in [0.2, 0.25) is 0 Å². The lowest BCUT2D eigenvalue weighted by atomic mass is 10.3. The fourth-order valence-electron chi connectivity index (χ4n) is 2.28. The monoisotopic (exact) mass is 460 g/mol. The Morgan fingerprint density at radius 3 is 2.29 bits per heavy atom. The zero-order valence-electron chi connectivity index (χ0n) is 11.1. The van der Waals surface area contributed by atoms with Crippen molar-refractivity contribution in [2.45, 2.75) is 17.9 Å². The molecule has 1 fully saturated rings. The Labute approximate surface area is 140 Å². The van der Waals surface area contributed by atoms with E-state index in [9.17, 15) is 16.8 Å². The van der Waals surface area contributed by atoms with Crippen LogP contribution in [0, 0.1) is 0 Å². The molecule has 1 saturated heterocycles. The maximum atomic E-state index is 12.8. The molecule has 2 N–H and O–H groups in total. The summed E-state index contributed by atoms with van der Waals surface area (Å²) >= 11 is 6.42. The van der Waals surface area contributed by atoms with E-state index in [1.54, 1.807) is 6.92 Å². The van der Waals surface area contributed by atoms with Crippen LogP contribution in [0.5, 0.6) is 0 Å². The average Bonchev–Trinajstić information content (AvgIpc) is 2.24. The third kappa shape index (κ3) is 3.44. The summed E-state index contributed by atoms with van der Waals surface area (Å²) in [7, 11) is -7.00. The van der Waals surface area contributed by atoms with E-state index >= 15 is 0 Å². The molecule has 1 aliphatic heterocycles. The van der Waals surface area contributed by atoms with Gasteiger partial charge in [0.05, 0.1) is 11.5 Å². The molecule has 0 aliphatic carbocycles. The maximum absolute atomic E-state index is 12.8. The lowest BCUT2D eigenvalue weighted by Crippen LogP contribution is -2.49. The summed E-state index contributed by atoms with van der Waals surface area (Å²) in [5.41, 5.74) is 6.08. The molecule has 10 heteroatoms. The van der Waals surface area contributed by atoms with Gasteiger partial charge >= 0.3 is 0 Å². The second-order valence-corrected chi connectivity index (χ2v) is 10.7. The van der Waals surface area contributed by atoms with Gasteiger partial charge in [-0.1, -0.05) is 0 Å². The van der Waals surface area contributed by atoms with Gasteiger partial charge in [-0.2, -0.15) is 4.31 Å². The van der Waals surface area contributed by atoms with E-state index in [1.165, 1.54) is 16.4 Å². The van der Waals surface area contributed by atoms with Gasteiger partial charge in [-0.05, 0) is 50.9 Å². The van der Waals surface area contributed by atoms with Gasteiger partial charge in [0.1, 0.15) is 4.90 Å². The van der Waals surface area contributed by atoms with E-state index in [-0.39, 0.29) is 22.9 Å². The minimum atomic E-state index is -3.82. The van der Waals surface area contributed by atoms with E-state index < -0.39 is 25.9 Å². The topological polar surface area (TPSA) is 97.5 Å². The van der Waals surface area contributed by atoms with Crippen molar-refractivity contribution in [2.75, 3.05) is 23.8 Å². The van der Waals surface area contributed by atoms with Crippen LogP contribution in [-0.4, -0.2) is 45.2 Å². The summed E-state index contributed by atoms with van der Waals surface area (Å²) in [5, 5.41) is 0. The molecule has 1 heterocycles. The molecule has 0 saturated carbocycles. The number of nitrogen functional groups attached to an aromatic ring is 1. The largest absolute Gasteiger partial charge is 0.399 e. The molecule has 1 unspecified atom stereocenters. The summed E-state index contributed by atoms with van der Waals surface area (Å²) in [6.07, 6.45) is 0. The molecule has 118 valence electrons. The van der Waals surface area contributed by atoms with E-state index in [2.05, 4.69) is 31.9 Å². The van der Waals surface area contributed by atoms with Crippen molar-refractivity contribution in [3.63, 3.8) is 0 Å². The Bertz CT molecular complexity index is 754. The summed E-state index contributed by atoms with van der Waals surface area (Å²) in [5.74, 6) is -0.336. The van der Waals surface area contributed by atoms with Crippen molar-refractivity contribution < 1.29 is 16.8 Å². The third-order valence-electron chi connectivity index (χ3n) is 3.20. The molecule has 1 aromatic carbocycles. The van der Waals surface area contributed by atoms with Gasteiger partial charge in [0, 0.05) is 27.2 Å². The van der Waals surface area contributed by atoms with E-state index in [0.717, 1.165) is 0 Å². The quantitative estimate of drug-likeness (QED) is 0.674. The highest BCUT2D eigenvalue weighted by molar-refractivity contribution is 9.11. The Balaban J connectivity index is 2.49. The number of nitrogens with two attached hydrogens (primary N) is 1. The highest BCUT2D eigenvalue weighted by Gasteiger charge is 2.38. The number of rotatable bonds is 2. The Morgan fingerprint density at radius 2 is 1.81 bits per heavy atom. The van der Waals surface area contributed by atoms with Gasteiger partial charge in [0.2, 0.25) is 10.0 Å². The molecule has 1 aromatic rings. The molecule has 2 rings (SSSR count). The number of benzene rings is 1. The maximum Gasteiger partial charge on any atom is 0.245 e. The number of hydrogen-bond acceptors (Lipinski definition) is 5. The summed E-state index contributed by atoms with van der Waals surface area (Å²) in [6, 6.07) is 2.40. The molecule has 6 nitrogen and oxygen atoms in total. The van der Waals surface area contributed by atoms with Crippen molar-refractivity contribution in [3.8, 4) is 0 Å². The summed E-state index contributed by atoms with van der Waals surface area (Å²) < 4.78 is 50.7. The van der Waals surface area contributed by atoms with Gasteiger partial charge in [-0.15, -0.1) is 0 Å². The predicted octanol–water partition coefficient (Wildman–Crippen LogP) is 1.60. The Morgan fingerprint density at radius 1 is 1.29 bits per heavy atom. The van der Waals surface area contributed by atoms with Crippen molar-refractivity contribution in [1.82, 2.24) is 4.31 Å². The highest BCUT2D eigenvalue weighted by Crippen LogP contribution is 2.35. The van der Waals surface area contributed by atoms with E-state index in [4.69, 9.17) is 5.73 Å². The van der Waals surface area contributed by atoms with Crippen LogP contribution in [-0.2, 0) is 19.9 Å². The number of sulfonamides is 1. The number of sulfone groups is 1. The first-order valence-electron chi connectivity index (χ1n) is 6.01. The van der Waals surface area contributed by atoms with Crippen LogP contribution in [0.25, 0.3) is 0 Å². The van der Waals surface area contributed by atoms with Crippen LogP contribution < -0.4 is 5.73 Å². The number of halogens is 2. The summed E-state index contributed by atoms with van der Waals surface area (Å²) in [6.45, 7) is 1.54. The van der Waals surface area contributed by atoms with Crippen LogP contribution >= 0.6 is 31.9 Å². The molecule has 1 atom stereocenters. The minimum absolute atomic E-state index is 0.0465. The van der Waals surface area contributed by atoms with Gasteiger partial charge in [-0.3, -0.25) is 0 Å². The van der Waals surface area contributed by atoms with Gasteiger partial charge in [-0.25, -0.2) is 16.8 Å². The smallest absolute Gasteiger partial charge is 0.245 e. The lowest BCUT2D eigenvalue weighted by Gasteiger charge is -2.32. The highest BCUT2D eigenvalue weighted by atomic mass is 79.9. The zero-order valence-corrected chi connectivity index (χ0v) is 15.9. The molecule has 0 amide bonds.